The normalized spacial score (nSPS) is 11.2. The van der Waals surface area contributed by atoms with Gasteiger partial charge in [0.2, 0.25) is 0 Å². The van der Waals surface area contributed by atoms with Crippen LogP contribution in [0.2, 0.25) is 0 Å². The monoisotopic (exact) mass is 382 g/mol. The molecule has 2 N–H and O–H groups in total. The van der Waals surface area contributed by atoms with Crippen LogP contribution in [0, 0.1) is 5.92 Å². The van der Waals surface area contributed by atoms with Crippen LogP contribution < -0.4 is 15.6 Å². The highest BCUT2D eigenvalue weighted by molar-refractivity contribution is 6.00. The SMILES string of the molecule is CC(C)CCOc1ccccc1C(=O)NNC(=O)c1ccc(C(C)(C)C)cc1. The van der Waals surface area contributed by atoms with Crippen molar-refractivity contribution in [3.8, 4) is 5.75 Å². The Labute approximate surface area is 167 Å². The largest absolute Gasteiger partial charge is 0.493 e. The first-order valence-corrected chi connectivity index (χ1v) is 9.61. The second-order valence-corrected chi connectivity index (χ2v) is 8.26. The Hall–Kier alpha value is -2.82. The zero-order valence-electron chi connectivity index (χ0n) is 17.3. The van der Waals surface area contributed by atoms with E-state index in [0.717, 1.165) is 12.0 Å². The van der Waals surface area contributed by atoms with Crippen molar-refractivity contribution in [1.29, 1.82) is 0 Å². The van der Waals surface area contributed by atoms with Crippen LogP contribution in [-0.4, -0.2) is 18.4 Å². The highest BCUT2D eigenvalue weighted by Gasteiger charge is 2.16. The lowest BCUT2D eigenvalue weighted by Gasteiger charge is -2.19. The minimum Gasteiger partial charge on any atom is -0.493 e. The first kappa shape index (κ1) is 21.5. The molecule has 0 spiro atoms. The van der Waals surface area contributed by atoms with Gasteiger partial charge in [-0.15, -0.1) is 0 Å². The number of benzene rings is 2. The van der Waals surface area contributed by atoms with E-state index in [1.54, 1.807) is 30.3 Å². The summed E-state index contributed by atoms with van der Waals surface area (Å²) >= 11 is 0. The summed E-state index contributed by atoms with van der Waals surface area (Å²) in [5, 5.41) is 0. The van der Waals surface area contributed by atoms with Crippen LogP contribution in [0.4, 0.5) is 0 Å². The number of ether oxygens (including phenoxy) is 1. The third-order valence-electron chi connectivity index (χ3n) is 4.39. The van der Waals surface area contributed by atoms with E-state index in [0.29, 0.717) is 29.4 Å². The predicted octanol–water partition coefficient (Wildman–Crippen LogP) is 4.48. The summed E-state index contributed by atoms with van der Waals surface area (Å²) < 4.78 is 5.73. The molecule has 0 saturated carbocycles. The van der Waals surface area contributed by atoms with Crippen LogP contribution >= 0.6 is 0 Å². The molecule has 5 nitrogen and oxygen atoms in total. The van der Waals surface area contributed by atoms with Gasteiger partial charge in [-0.25, -0.2) is 0 Å². The molecule has 0 aliphatic heterocycles. The summed E-state index contributed by atoms with van der Waals surface area (Å²) in [7, 11) is 0. The number of carbonyl (C=O) groups excluding carboxylic acids is 2. The molecular formula is C23H30N2O3. The third kappa shape index (κ3) is 6.12. The molecule has 2 rings (SSSR count). The molecule has 0 aromatic heterocycles. The molecule has 0 unspecified atom stereocenters. The average Bonchev–Trinajstić information content (AvgIpc) is 2.65. The van der Waals surface area contributed by atoms with Crippen molar-refractivity contribution in [2.45, 2.75) is 46.5 Å². The van der Waals surface area contributed by atoms with Gasteiger partial charge in [0.05, 0.1) is 12.2 Å². The molecule has 2 aromatic carbocycles. The fraction of sp³-hybridized carbons (Fsp3) is 0.391. The van der Waals surface area contributed by atoms with Gasteiger partial charge in [0.15, 0.2) is 0 Å². The minimum absolute atomic E-state index is 0.0164. The standard InChI is InChI=1S/C23H30N2O3/c1-16(2)14-15-28-20-9-7-6-8-19(20)22(27)25-24-21(26)17-10-12-18(13-11-17)23(3,4)5/h6-13,16H,14-15H2,1-5H3,(H,24,26)(H,25,27). The van der Waals surface area contributed by atoms with Crippen LogP contribution in [0.5, 0.6) is 5.75 Å². The molecule has 0 bridgehead atoms. The fourth-order valence-corrected chi connectivity index (χ4v) is 2.56. The van der Waals surface area contributed by atoms with E-state index in [1.165, 1.54) is 0 Å². The van der Waals surface area contributed by atoms with E-state index in [1.807, 2.05) is 18.2 Å². The topological polar surface area (TPSA) is 67.4 Å². The minimum atomic E-state index is -0.417. The van der Waals surface area contributed by atoms with Crippen molar-refractivity contribution in [2.24, 2.45) is 5.92 Å². The second-order valence-electron chi connectivity index (χ2n) is 8.26. The Kier molecular flexibility index (Phi) is 7.21. The van der Waals surface area contributed by atoms with Gasteiger partial charge in [-0.2, -0.15) is 0 Å². The van der Waals surface area contributed by atoms with Crippen molar-refractivity contribution in [3.05, 3.63) is 65.2 Å². The Morgan fingerprint density at radius 3 is 2.14 bits per heavy atom. The lowest BCUT2D eigenvalue weighted by molar-refractivity contribution is 0.0844. The van der Waals surface area contributed by atoms with Crippen LogP contribution in [-0.2, 0) is 5.41 Å². The number of hydrogen-bond donors (Lipinski definition) is 2. The Balaban J connectivity index is 1.97. The van der Waals surface area contributed by atoms with Gasteiger partial charge in [0.25, 0.3) is 11.8 Å². The van der Waals surface area contributed by atoms with Crippen molar-refractivity contribution < 1.29 is 14.3 Å². The molecule has 2 aromatic rings. The Morgan fingerprint density at radius 2 is 1.54 bits per heavy atom. The zero-order chi connectivity index (χ0) is 20.7. The zero-order valence-corrected chi connectivity index (χ0v) is 17.3. The van der Waals surface area contributed by atoms with Gasteiger partial charge in [-0.1, -0.05) is 58.9 Å². The van der Waals surface area contributed by atoms with E-state index in [-0.39, 0.29) is 11.3 Å². The molecule has 0 radical (unpaired) electrons. The summed E-state index contributed by atoms with van der Waals surface area (Å²) in [6.07, 6.45) is 0.900. The number of hydrazine groups is 1. The molecule has 28 heavy (non-hydrogen) atoms. The summed E-state index contributed by atoms with van der Waals surface area (Å²) in [6.45, 7) is 11.1. The average molecular weight is 383 g/mol. The van der Waals surface area contributed by atoms with Gasteiger partial charge in [0.1, 0.15) is 5.75 Å². The molecule has 0 aliphatic carbocycles. The summed E-state index contributed by atoms with van der Waals surface area (Å²) in [4.78, 5) is 24.8. The first-order valence-electron chi connectivity index (χ1n) is 9.61. The summed E-state index contributed by atoms with van der Waals surface area (Å²) in [5.74, 6) is 0.237. The maximum absolute atomic E-state index is 12.5. The van der Waals surface area contributed by atoms with Crippen LogP contribution in [0.25, 0.3) is 0 Å². The quantitative estimate of drug-likeness (QED) is 0.724. The van der Waals surface area contributed by atoms with Crippen molar-refractivity contribution >= 4 is 11.8 Å². The van der Waals surface area contributed by atoms with Crippen LogP contribution in [0.3, 0.4) is 0 Å². The molecule has 0 fully saturated rings. The van der Waals surface area contributed by atoms with Crippen molar-refractivity contribution in [2.75, 3.05) is 6.61 Å². The number of amides is 2. The highest BCUT2D eigenvalue weighted by atomic mass is 16.5. The molecule has 0 saturated heterocycles. The molecule has 0 atom stereocenters. The summed E-state index contributed by atoms with van der Waals surface area (Å²) in [5.41, 5.74) is 6.95. The number of nitrogens with one attached hydrogen (secondary N) is 2. The van der Waals surface area contributed by atoms with Crippen molar-refractivity contribution in [3.63, 3.8) is 0 Å². The molecule has 2 amide bonds. The molecule has 5 heteroatoms. The second kappa shape index (κ2) is 9.40. The van der Waals surface area contributed by atoms with E-state index in [9.17, 15) is 9.59 Å². The molecule has 0 aliphatic rings. The Bertz CT molecular complexity index is 805. The van der Waals surface area contributed by atoms with Gasteiger partial charge in [-0.05, 0) is 47.6 Å². The van der Waals surface area contributed by atoms with Crippen LogP contribution in [0.1, 0.15) is 67.3 Å². The number of para-hydroxylation sites is 1. The number of rotatable bonds is 6. The third-order valence-corrected chi connectivity index (χ3v) is 4.39. The van der Waals surface area contributed by atoms with Crippen LogP contribution in [0.15, 0.2) is 48.5 Å². The smallest absolute Gasteiger partial charge is 0.273 e. The predicted molar refractivity (Wildman–Crippen MR) is 111 cm³/mol. The van der Waals surface area contributed by atoms with Gasteiger partial charge in [-0.3, -0.25) is 20.4 Å². The van der Waals surface area contributed by atoms with Crippen molar-refractivity contribution in [1.82, 2.24) is 10.9 Å². The first-order chi connectivity index (χ1) is 13.2. The lowest BCUT2D eigenvalue weighted by Crippen LogP contribution is -2.41. The maximum Gasteiger partial charge on any atom is 0.273 e. The highest BCUT2D eigenvalue weighted by Crippen LogP contribution is 2.22. The maximum atomic E-state index is 12.5. The van der Waals surface area contributed by atoms with E-state index in [2.05, 4.69) is 45.5 Å². The number of carbonyl (C=O) groups is 2. The Morgan fingerprint density at radius 1 is 0.929 bits per heavy atom. The van der Waals surface area contributed by atoms with Gasteiger partial charge in [0, 0.05) is 5.56 Å². The molecule has 150 valence electrons. The summed E-state index contributed by atoms with van der Waals surface area (Å²) in [6, 6.07) is 14.4. The fourth-order valence-electron chi connectivity index (χ4n) is 2.56. The van der Waals surface area contributed by atoms with Gasteiger partial charge >= 0.3 is 0 Å². The molecular weight excluding hydrogens is 352 g/mol. The number of hydrogen-bond acceptors (Lipinski definition) is 3. The van der Waals surface area contributed by atoms with E-state index < -0.39 is 5.91 Å². The van der Waals surface area contributed by atoms with Gasteiger partial charge < -0.3 is 4.74 Å². The molecule has 0 heterocycles. The lowest BCUT2D eigenvalue weighted by atomic mass is 9.87. The van der Waals surface area contributed by atoms with E-state index >= 15 is 0 Å². The van der Waals surface area contributed by atoms with E-state index in [4.69, 9.17) is 4.74 Å².